The number of rotatable bonds is 1. The van der Waals surface area contributed by atoms with Crippen LogP contribution in [-0.2, 0) is 13.0 Å². The van der Waals surface area contributed by atoms with E-state index in [0.29, 0.717) is 0 Å². The van der Waals surface area contributed by atoms with Crippen molar-refractivity contribution in [3.05, 3.63) is 17.7 Å². The zero-order valence-electron chi connectivity index (χ0n) is 7.45. The minimum absolute atomic E-state index is 0.182. The number of imidazole rings is 1. The van der Waals surface area contributed by atoms with Crippen LogP contribution in [0.5, 0.6) is 0 Å². The summed E-state index contributed by atoms with van der Waals surface area (Å²) < 4.78 is 2.20. The van der Waals surface area contributed by atoms with Gasteiger partial charge in [0.1, 0.15) is 0 Å². The fraction of sp³-hybridized carbons (Fsp3) is 0.667. The highest BCUT2D eigenvalue weighted by Gasteiger charge is 2.20. The highest BCUT2D eigenvalue weighted by molar-refractivity contribution is 5.19. The van der Waals surface area contributed by atoms with Gasteiger partial charge in [0, 0.05) is 18.3 Å². The van der Waals surface area contributed by atoms with E-state index in [2.05, 4.69) is 16.5 Å². The van der Waals surface area contributed by atoms with Gasteiger partial charge in [-0.15, -0.1) is 0 Å². The molecule has 0 amide bonds. The van der Waals surface area contributed by atoms with Crippen LogP contribution < -0.4 is 5.73 Å². The van der Waals surface area contributed by atoms with E-state index in [0.717, 1.165) is 25.1 Å². The lowest BCUT2D eigenvalue weighted by Crippen LogP contribution is -2.18. The summed E-state index contributed by atoms with van der Waals surface area (Å²) in [4.78, 5) is 4.35. The second-order valence-corrected chi connectivity index (χ2v) is 3.36. The van der Waals surface area contributed by atoms with Crippen molar-refractivity contribution in [1.29, 1.82) is 0 Å². The SMILES string of the molecule is CCn1cnc2c1CCC[C@@H]2N. The molecule has 0 aromatic carbocycles. The molecule has 3 heteroatoms. The van der Waals surface area contributed by atoms with Crippen LogP contribution in [0.15, 0.2) is 6.33 Å². The first-order valence-corrected chi connectivity index (χ1v) is 4.62. The minimum atomic E-state index is 0.182. The minimum Gasteiger partial charge on any atom is -0.335 e. The molecule has 1 aliphatic carbocycles. The van der Waals surface area contributed by atoms with Crippen molar-refractivity contribution in [2.24, 2.45) is 5.73 Å². The van der Waals surface area contributed by atoms with E-state index < -0.39 is 0 Å². The van der Waals surface area contributed by atoms with Crippen molar-refractivity contribution in [3.8, 4) is 0 Å². The number of aromatic nitrogens is 2. The predicted molar refractivity (Wildman–Crippen MR) is 47.8 cm³/mol. The molecule has 0 spiro atoms. The van der Waals surface area contributed by atoms with E-state index >= 15 is 0 Å². The van der Waals surface area contributed by atoms with Gasteiger partial charge in [-0.05, 0) is 26.2 Å². The Morgan fingerprint density at radius 1 is 1.75 bits per heavy atom. The lowest BCUT2D eigenvalue weighted by Gasteiger charge is -2.18. The molecule has 1 atom stereocenters. The number of nitrogens with two attached hydrogens (primary N) is 1. The summed E-state index contributed by atoms with van der Waals surface area (Å²) in [5.41, 5.74) is 8.42. The molecule has 0 saturated heterocycles. The van der Waals surface area contributed by atoms with Crippen molar-refractivity contribution >= 4 is 0 Å². The third-order valence-electron chi connectivity index (χ3n) is 2.60. The number of nitrogens with zero attached hydrogens (tertiary/aromatic N) is 2. The molecule has 66 valence electrons. The van der Waals surface area contributed by atoms with E-state index in [1.54, 1.807) is 0 Å². The summed E-state index contributed by atoms with van der Waals surface area (Å²) in [5.74, 6) is 0. The Kier molecular flexibility index (Phi) is 1.89. The summed E-state index contributed by atoms with van der Waals surface area (Å²) in [6.45, 7) is 3.15. The average Bonchev–Trinajstić information content (AvgIpc) is 2.49. The monoisotopic (exact) mass is 165 g/mol. The van der Waals surface area contributed by atoms with E-state index in [1.165, 1.54) is 12.1 Å². The van der Waals surface area contributed by atoms with E-state index in [1.807, 2.05) is 6.33 Å². The maximum atomic E-state index is 5.94. The molecule has 1 aromatic rings. The van der Waals surface area contributed by atoms with Crippen LogP contribution in [0.1, 0.15) is 37.2 Å². The molecule has 0 aliphatic heterocycles. The lowest BCUT2D eigenvalue weighted by molar-refractivity contribution is 0.538. The zero-order chi connectivity index (χ0) is 8.55. The molecule has 2 rings (SSSR count). The fourth-order valence-corrected chi connectivity index (χ4v) is 1.90. The maximum Gasteiger partial charge on any atom is 0.0952 e. The Bertz CT molecular complexity index is 277. The molecular formula is C9H15N3. The Hall–Kier alpha value is -0.830. The topological polar surface area (TPSA) is 43.8 Å². The normalized spacial score (nSPS) is 22.3. The van der Waals surface area contributed by atoms with Crippen LogP contribution in [0.25, 0.3) is 0 Å². The van der Waals surface area contributed by atoms with Gasteiger partial charge < -0.3 is 10.3 Å². The highest BCUT2D eigenvalue weighted by Crippen LogP contribution is 2.26. The Labute approximate surface area is 72.6 Å². The van der Waals surface area contributed by atoms with Crippen molar-refractivity contribution < 1.29 is 0 Å². The summed E-state index contributed by atoms with van der Waals surface area (Å²) in [7, 11) is 0. The van der Waals surface area contributed by atoms with E-state index in [9.17, 15) is 0 Å². The van der Waals surface area contributed by atoms with Gasteiger partial charge in [0.05, 0.1) is 12.0 Å². The second kappa shape index (κ2) is 2.90. The van der Waals surface area contributed by atoms with Crippen LogP contribution in [0.4, 0.5) is 0 Å². The third kappa shape index (κ3) is 1.05. The van der Waals surface area contributed by atoms with Gasteiger partial charge >= 0.3 is 0 Å². The lowest BCUT2D eigenvalue weighted by atomic mass is 9.97. The molecule has 1 aromatic heterocycles. The van der Waals surface area contributed by atoms with Gasteiger partial charge in [-0.1, -0.05) is 0 Å². The molecule has 0 radical (unpaired) electrons. The van der Waals surface area contributed by atoms with Crippen molar-refractivity contribution in [3.63, 3.8) is 0 Å². The molecule has 0 unspecified atom stereocenters. The van der Waals surface area contributed by atoms with Crippen molar-refractivity contribution in [2.75, 3.05) is 0 Å². The van der Waals surface area contributed by atoms with Gasteiger partial charge in [-0.3, -0.25) is 0 Å². The van der Waals surface area contributed by atoms with Gasteiger partial charge in [0.25, 0.3) is 0 Å². The first kappa shape index (κ1) is 7.80. The molecule has 0 saturated carbocycles. The van der Waals surface area contributed by atoms with Crippen LogP contribution in [0, 0.1) is 0 Å². The number of aryl methyl sites for hydroxylation is 1. The first-order valence-electron chi connectivity index (χ1n) is 4.62. The molecule has 12 heavy (non-hydrogen) atoms. The maximum absolute atomic E-state index is 5.94. The smallest absolute Gasteiger partial charge is 0.0952 e. The Morgan fingerprint density at radius 2 is 2.58 bits per heavy atom. The molecule has 0 bridgehead atoms. The summed E-state index contributed by atoms with van der Waals surface area (Å²) in [5, 5.41) is 0. The standard InChI is InChI=1S/C9H15N3/c1-2-12-6-11-9-7(10)4-3-5-8(9)12/h6-7H,2-5,10H2,1H3/t7-/m0/s1. The largest absolute Gasteiger partial charge is 0.335 e. The third-order valence-corrected chi connectivity index (χ3v) is 2.60. The van der Waals surface area contributed by atoms with Gasteiger partial charge in [-0.25, -0.2) is 4.98 Å². The second-order valence-electron chi connectivity index (χ2n) is 3.36. The van der Waals surface area contributed by atoms with Crippen molar-refractivity contribution in [1.82, 2.24) is 9.55 Å². The quantitative estimate of drug-likeness (QED) is 0.680. The zero-order valence-corrected chi connectivity index (χ0v) is 7.45. The van der Waals surface area contributed by atoms with Crippen LogP contribution in [-0.4, -0.2) is 9.55 Å². The number of hydrogen-bond acceptors (Lipinski definition) is 2. The molecule has 0 fully saturated rings. The first-order chi connectivity index (χ1) is 5.83. The van der Waals surface area contributed by atoms with Gasteiger partial charge in [-0.2, -0.15) is 0 Å². The van der Waals surface area contributed by atoms with Crippen LogP contribution >= 0.6 is 0 Å². The molecular weight excluding hydrogens is 150 g/mol. The predicted octanol–water partition coefficient (Wildman–Crippen LogP) is 1.24. The van der Waals surface area contributed by atoms with Crippen LogP contribution in [0.3, 0.4) is 0 Å². The number of fused-ring (bicyclic) bond motifs is 1. The van der Waals surface area contributed by atoms with Crippen molar-refractivity contribution in [2.45, 2.75) is 38.8 Å². The average molecular weight is 165 g/mol. The van der Waals surface area contributed by atoms with Gasteiger partial charge in [0.15, 0.2) is 0 Å². The molecule has 3 nitrogen and oxygen atoms in total. The molecule has 2 N–H and O–H groups in total. The Balaban J connectivity index is 2.41. The van der Waals surface area contributed by atoms with Gasteiger partial charge in [0.2, 0.25) is 0 Å². The van der Waals surface area contributed by atoms with E-state index in [-0.39, 0.29) is 6.04 Å². The fourth-order valence-electron chi connectivity index (χ4n) is 1.90. The summed E-state index contributed by atoms with van der Waals surface area (Å²) in [6.07, 6.45) is 5.36. The molecule has 1 heterocycles. The highest BCUT2D eigenvalue weighted by atomic mass is 15.1. The Morgan fingerprint density at radius 3 is 3.33 bits per heavy atom. The molecule has 1 aliphatic rings. The summed E-state index contributed by atoms with van der Waals surface area (Å²) >= 11 is 0. The summed E-state index contributed by atoms with van der Waals surface area (Å²) in [6, 6.07) is 0.182. The van der Waals surface area contributed by atoms with Crippen LogP contribution in [0.2, 0.25) is 0 Å². The number of hydrogen-bond donors (Lipinski definition) is 1. The van der Waals surface area contributed by atoms with E-state index in [4.69, 9.17) is 5.73 Å².